The summed E-state index contributed by atoms with van der Waals surface area (Å²) in [6.45, 7) is 0.198. The van der Waals surface area contributed by atoms with Crippen molar-refractivity contribution in [3.63, 3.8) is 0 Å². The highest BCUT2D eigenvalue weighted by Crippen LogP contribution is 2.24. The van der Waals surface area contributed by atoms with Gasteiger partial charge in [-0.15, -0.1) is 0 Å². The van der Waals surface area contributed by atoms with Gasteiger partial charge >= 0.3 is 53.7 Å². The Morgan fingerprint density at radius 3 is 1.21 bits per heavy atom. The van der Waals surface area contributed by atoms with Crippen molar-refractivity contribution >= 4 is 118 Å². The highest BCUT2D eigenvalue weighted by Gasteiger charge is 2.18. The van der Waals surface area contributed by atoms with Crippen molar-refractivity contribution in [2.24, 2.45) is 51.6 Å². The molecule has 123 heavy (non-hydrogen) atoms. The van der Waals surface area contributed by atoms with Crippen LogP contribution in [0.4, 0.5) is 5.82 Å². The van der Waals surface area contributed by atoms with E-state index in [1.54, 1.807) is 79.0 Å². The summed E-state index contributed by atoms with van der Waals surface area (Å²) in [5.41, 5.74) is 53.8. The van der Waals surface area contributed by atoms with E-state index in [1.807, 2.05) is 140 Å². The summed E-state index contributed by atoms with van der Waals surface area (Å²) in [4.78, 5) is 99.4. The normalized spacial score (nSPS) is 12.4. The van der Waals surface area contributed by atoms with Crippen molar-refractivity contribution in [3.05, 3.63) is 259 Å². The van der Waals surface area contributed by atoms with E-state index >= 15 is 0 Å². The van der Waals surface area contributed by atoms with Crippen LogP contribution in [0.2, 0.25) is 25.1 Å². The first-order valence-electron chi connectivity index (χ1n) is 37.4. The third kappa shape index (κ3) is 56.6. The molecule has 1 heterocycles. The van der Waals surface area contributed by atoms with E-state index in [1.165, 1.54) is 5.56 Å². The molecular weight excluding hydrogens is 1710 g/mol. The van der Waals surface area contributed by atoms with Gasteiger partial charge in [-0.2, -0.15) is 0 Å². The number of para-hydroxylation sites is 1. The fourth-order valence-electron chi connectivity index (χ4n) is 8.73. The van der Waals surface area contributed by atoms with Crippen LogP contribution < -0.4 is 66.0 Å². The fourth-order valence-corrected chi connectivity index (χ4v) is 9.67. The number of nitrogens with zero attached hydrogens (tertiary/aromatic N) is 2. The maximum absolute atomic E-state index is 10.5. The lowest BCUT2D eigenvalue weighted by atomic mass is 10.1. The Labute approximate surface area is 737 Å². The second-order valence-corrected chi connectivity index (χ2v) is 28.4. The molecule has 9 atom stereocenters. The Morgan fingerprint density at radius 2 is 0.756 bits per heavy atom. The predicted molar refractivity (Wildman–Crippen MR) is 469 cm³/mol. The summed E-state index contributed by atoms with van der Waals surface area (Å²) >= 11 is 28.8. The summed E-state index contributed by atoms with van der Waals surface area (Å²) in [5, 5.41) is 87.7. The molecule has 0 radical (unpaired) electrons. The SMILES string of the molecule is CN(C)c1ccc(CC(N)C(=O)O)cn1.NC(CCCc1ccccc1)C(=O)O.NC(CCc1ccc(Cl)cc1)C(=O)O.NC(CCc1cccc(Cl)c1)C(=O)O.NC(CCc1ccccc1Cl)C(=O)O.NC(COCCO)C(=O)O.NC(COCc1ccccc1)C(=O)O.NC(COc1cccc(Cl)c1)C(=O)O.NC(COc1ccccc1Cl)C(=O)O. The van der Waals surface area contributed by atoms with E-state index in [9.17, 15) is 43.2 Å². The topological polar surface area (TPSA) is 643 Å². The first kappa shape index (κ1) is 112. The van der Waals surface area contributed by atoms with Crippen molar-refractivity contribution in [1.29, 1.82) is 0 Å². The number of aliphatic hydroxyl groups excluding tert-OH is 1. The zero-order valence-electron chi connectivity index (χ0n) is 67.5. The minimum atomic E-state index is -1.10. The highest BCUT2D eigenvalue weighted by atomic mass is 35.5. The molecule has 0 aliphatic heterocycles. The van der Waals surface area contributed by atoms with E-state index in [0.717, 1.165) is 46.5 Å². The van der Waals surface area contributed by atoms with Crippen LogP contribution in [0.5, 0.6) is 11.5 Å². The molecule has 0 saturated heterocycles. The Balaban J connectivity index is 0.00000136. The van der Waals surface area contributed by atoms with Gasteiger partial charge in [0.1, 0.15) is 84.9 Å². The number of aromatic nitrogens is 1. The van der Waals surface area contributed by atoms with Gasteiger partial charge in [0.2, 0.25) is 0 Å². The molecule has 0 spiro atoms. The zero-order chi connectivity index (χ0) is 92.9. The monoisotopic (exact) mass is 1820 g/mol. The van der Waals surface area contributed by atoms with Crippen LogP contribution in [-0.4, -0.2) is 218 Å². The van der Waals surface area contributed by atoms with Crippen LogP contribution in [-0.2, 0) is 91.3 Å². The summed E-state index contributed by atoms with van der Waals surface area (Å²) in [7, 11) is 3.79. The van der Waals surface area contributed by atoms with Crippen molar-refractivity contribution in [2.75, 3.05) is 58.6 Å². The molecule has 8 rings (SSSR count). The number of anilines is 1. The highest BCUT2D eigenvalue weighted by molar-refractivity contribution is 6.32. The molecule has 0 amide bonds. The molecule has 39 heteroatoms. The van der Waals surface area contributed by atoms with Gasteiger partial charge < -0.3 is 127 Å². The molecule has 7 aromatic carbocycles. The largest absolute Gasteiger partial charge is 0.491 e. The van der Waals surface area contributed by atoms with E-state index in [-0.39, 0.29) is 39.6 Å². The number of ether oxygens (including phenoxy) is 4. The first-order valence-corrected chi connectivity index (χ1v) is 39.3. The third-order valence-corrected chi connectivity index (χ3v) is 17.2. The number of aliphatic hydroxyl groups is 1. The number of carboxylic acids is 9. The Bertz CT molecular complexity index is 4160. The number of aliphatic carboxylic acids is 9. The van der Waals surface area contributed by atoms with Crippen LogP contribution in [0.25, 0.3) is 0 Å². The first-order chi connectivity index (χ1) is 58.1. The summed E-state index contributed by atoms with van der Waals surface area (Å²) < 4.78 is 20.0. The second-order valence-electron chi connectivity index (χ2n) is 26.3. The smallest absolute Gasteiger partial charge is 0.324 e. The van der Waals surface area contributed by atoms with Crippen molar-refractivity contribution < 1.29 is 113 Å². The number of rotatable bonds is 39. The quantitative estimate of drug-likeness (QED) is 0.0163. The molecule has 0 fully saturated rings. The maximum atomic E-state index is 10.5. The van der Waals surface area contributed by atoms with Gasteiger partial charge in [0.15, 0.2) is 0 Å². The molecule has 9 unspecified atom stereocenters. The molecule has 28 N–H and O–H groups in total. The van der Waals surface area contributed by atoms with E-state index in [0.29, 0.717) is 94.6 Å². The molecule has 34 nitrogen and oxygen atoms in total. The van der Waals surface area contributed by atoms with Gasteiger partial charge in [-0.3, -0.25) is 43.2 Å². The number of hydrogen-bond donors (Lipinski definition) is 19. The summed E-state index contributed by atoms with van der Waals surface area (Å²) in [5.74, 6) is -7.37. The number of nitrogens with two attached hydrogens (primary N) is 9. The van der Waals surface area contributed by atoms with E-state index < -0.39 is 108 Å². The number of aryl methyl sites for hydroxylation is 4. The standard InChI is InChI=1S/C11H15NO2.3C10H12ClNO2.C10H15N3O2.C10H13NO3.2C9H10ClNO3.C5H11NO4/c12-10(11(13)14)8-4-7-9-5-2-1-3-6-9;11-8-4-1-7(2-5-8)3-6-9(12)10(13)14;11-8-3-1-2-7(6-8)4-5-9(12)10(13)14;11-8-4-2-1-3-7(8)5-6-9(12)10(13)14;1-13(2)9-4-3-7(6-12-9)5-8(11)10(14)15;11-9(10(12)13)7-14-6-8-4-2-1-3-5-8;10-6-2-1-3-7(4-6)14-5-8(11)9(12)13;10-6-3-1-2-4-8(6)14-5-7(11)9(12)13;6-4(5(8)9)3-10-2-1-7/h1-3,5-6,10H,4,7-8,12H2,(H,13,14);1-2,4-5,9H,3,6,12H2,(H,13,14);1-3,6,9H,4-5,12H2,(H,13,14);1-4,9H,5-6,12H2,(H,13,14);3-4,6,8H,5,11H2,1-2H3,(H,14,15);1-5,9H,6-7,11H2,(H,12,13);1-4,8H,5,11H2,(H,12,13);1-4,7H,5,11H2,(H,12,13);4,7H,1-3,6H2,(H,8,9). The molecule has 8 aromatic rings. The summed E-state index contributed by atoms with van der Waals surface area (Å²) in [6, 6.07) is 50.7. The average molecular weight is 1820 g/mol. The van der Waals surface area contributed by atoms with Crippen LogP contribution >= 0.6 is 58.0 Å². The van der Waals surface area contributed by atoms with Gasteiger partial charge in [0.05, 0.1) is 38.1 Å². The molecule has 1 aromatic heterocycles. The molecular formula is C84H110Cl5N11O23. The Morgan fingerprint density at radius 1 is 0.358 bits per heavy atom. The van der Waals surface area contributed by atoms with Crippen LogP contribution in [0.1, 0.15) is 65.5 Å². The van der Waals surface area contributed by atoms with Crippen LogP contribution in [0.3, 0.4) is 0 Å². The number of carboxylic acid groups (broad SMARTS) is 9. The number of hydrogen-bond acceptors (Lipinski definition) is 25. The third-order valence-electron chi connectivity index (χ3n) is 15.8. The minimum absolute atomic E-state index is 0.0320. The van der Waals surface area contributed by atoms with Crippen LogP contribution in [0, 0.1) is 0 Å². The molecule has 674 valence electrons. The number of pyridine rings is 1. The van der Waals surface area contributed by atoms with Gasteiger partial charge in [-0.25, -0.2) is 4.98 Å². The Kier molecular flexibility index (Phi) is 60.2. The van der Waals surface area contributed by atoms with E-state index in [2.05, 4.69) is 9.72 Å². The van der Waals surface area contributed by atoms with Crippen LogP contribution in [0.15, 0.2) is 200 Å². The molecule has 0 aliphatic rings. The zero-order valence-corrected chi connectivity index (χ0v) is 71.3. The predicted octanol–water partition coefficient (Wildman–Crippen LogP) is 7.86. The van der Waals surface area contributed by atoms with Gasteiger partial charge in [0.25, 0.3) is 0 Å². The van der Waals surface area contributed by atoms with E-state index in [4.69, 9.17) is 175 Å². The van der Waals surface area contributed by atoms with Crippen molar-refractivity contribution in [1.82, 2.24) is 4.98 Å². The Hall–Kier alpha value is -10.7. The number of halogens is 5. The molecule has 0 aliphatic carbocycles. The molecule has 0 bridgehead atoms. The van der Waals surface area contributed by atoms with Gasteiger partial charge in [0, 0.05) is 40.4 Å². The lowest BCUT2D eigenvalue weighted by molar-refractivity contribution is -0.141. The summed E-state index contributed by atoms with van der Waals surface area (Å²) in [6.07, 6.45) is 7.34. The van der Waals surface area contributed by atoms with Crippen molar-refractivity contribution in [3.8, 4) is 11.5 Å². The maximum Gasteiger partial charge on any atom is 0.324 e. The van der Waals surface area contributed by atoms with Gasteiger partial charge in [-0.05, 0) is 164 Å². The average Bonchev–Trinajstić information content (AvgIpc) is 0.885. The van der Waals surface area contributed by atoms with Gasteiger partial charge in [-0.1, -0.05) is 185 Å². The number of carbonyl (C=O) groups is 9. The minimum Gasteiger partial charge on any atom is -0.491 e. The number of benzene rings is 7. The molecule has 0 saturated carbocycles. The lowest BCUT2D eigenvalue weighted by Crippen LogP contribution is -2.36. The second kappa shape index (κ2) is 65.9. The van der Waals surface area contributed by atoms with Crippen molar-refractivity contribution in [2.45, 2.75) is 125 Å². The lowest BCUT2D eigenvalue weighted by Gasteiger charge is -2.11. The fraction of sp³-hybridized carbons (Fsp3) is 0.333.